The van der Waals surface area contributed by atoms with Crippen LogP contribution < -0.4 is 4.74 Å². The van der Waals surface area contributed by atoms with E-state index in [2.05, 4.69) is 0 Å². The van der Waals surface area contributed by atoms with Crippen LogP contribution in [-0.4, -0.2) is 12.2 Å². The molecule has 0 atom stereocenters. The number of thioether (sulfide) groups is 1. The number of esters is 1. The molecule has 0 saturated heterocycles. The van der Waals surface area contributed by atoms with Crippen molar-refractivity contribution in [3.05, 3.63) is 57.0 Å². The zero-order valence-corrected chi connectivity index (χ0v) is 13.4. The first-order valence-corrected chi connectivity index (χ1v) is 7.88. The van der Waals surface area contributed by atoms with E-state index in [0.717, 1.165) is 4.90 Å². The van der Waals surface area contributed by atoms with E-state index < -0.39 is 5.97 Å². The molecule has 0 fully saturated rings. The molecule has 0 aliphatic rings. The molecular formula is C14H9Cl3O2S. The first kappa shape index (κ1) is 15.5. The average molecular weight is 348 g/mol. The Kier molecular flexibility index (Phi) is 5.22. The molecule has 2 aromatic carbocycles. The van der Waals surface area contributed by atoms with Crippen LogP contribution in [0, 0.1) is 0 Å². The fraction of sp³-hybridized carbons (Fsp3) is 0.0714. The van der Waals surface area contributed by atoms with Gasteiger partial charge in [0.2, 0.25) is 0 Å². The smallest absolute Gasteiger partial charge is 0.345 e. The second-order valence-electron chi connectivity index (χ2n) is 3.79. The number of ether oxygens (including phenoxy) is 1. The van der Waals surface area contributed by atoms with Crippen molar-refractivity contribution >= 4 is 52.5 Å². The molecule has 2 aromatic rings. The summed E-state index contributed by atoms with van der Waals surface area (Å²) in [4.78, 5) is 13.1. The van der Waals surface area contributed by atoms with Crippen LogP contribution in [0.2, 0.25) is 15.1 Å². The van der Waals surface area contributed by atoms with Crippen molar-refractivity contribution in [2.45, 2.75) is 4.90 Å². The van der Waals surface area contributed by atoms with Crippen LogP contribution >= 0.6 is 46.6 Å². The molecule has 0 bridgehead atoms. The Morgan fingerprint density at radius 3 is 2.55 bits per heavy atom. The highest BCUT2D eigenvalue weighted by Gasteiger charge is 2.16. The van der Waals surface area contributed by atoms with Crippen molar-refractivity contribution in [2.75, 3.05) is 6.26 Å². The summed E-state index contributed by atoms with van der Waals surface area (Å²) in [6.07, 6.45) is 1.91. The van der Waals surface area contributed by atoms with Gasteiger partial charge in [-0.1, -0.05) is 40.9 Å². The van der Waals surface area contributed by atoms with Gasteiger partial charge in [-0.2, -0.15) is 0 Å². The lowest BCUT2D eigenvalue weighted by atomic mass is 10.2. The van der Waals surface area contributed by atoms with Gasteiger partial charge in [0.15, 0.2) is 5.75 Å². The first-order chi connectivity index (χ1) is 9.52. The highest BCUT2D eigenvalue weighted by Crippen LogP contribution is 2.32. The largest absolute Gasteiger partial charge is 0.421 e. The highest BCUT2D eigenvalue weighted by atomic mass is 35.5. The molecule has 104 valence electrons. The van der Waals surface area contributed by atoms with E-state index in [0.29, 0.717) is 10.0 Å². The SMILES string of the molecule is CSc1ccc(Cl)c(C(=O)Oc2cccc(Cl)c2Cl)c1. The Morgan fingerprint density at radius 2 is 1.85 bits per heavy atom. The van der Waals surface area contributed by atoms with E-state index >= 15 is 0 Å². The minimum Gasteiger partial charge on any atom is -0.421 e. The van der Waals surface area contributed by atoms with Gasteiger partial charge in [-0.3, -0.25) is 0 Å². The summed E-state index contributed by atoms with van der Waals surface area (Å²) in [5.41, 5.74) is 0.287. The Balaban J connectivity index is 2.30. The molecular weight excluding hydrogens is 339 g/mol. The van der Waals surface area contributed by atoms with Crippen molar-refractivity contribution in [3.63, 3.8) is 0 Å². The molecule has 0 N–H and O–H groups in total. The van der Waals surface area contributed by atoms with Crippen molar-refractivity contribution < 1.29 is 9.53 Å². The van der Waals surface area contributed by atoms with Gasteiger partial charge in [0.05, 0.1) is 15.6 Å². The van der Waals surface area contributed by atoms with E-state index in [4.69, 9.17) is 39.5 Å². The van der Waals surface area contributed by atoms with Crippen LogP contribution in [0.25, 0.3) is 0 Å². The van der Waals surface area contributed by atoms with Crippen LogP contribution in [0.15, 0.2) is 41.3 Å². The lowest BCUT2D eigenvalue weighted by Crippen LogP contribution is -2.09. The van der Waals surface area contributed by atoms with Crippen LogP contribution in [-0.2, 0) is 0 Å². The molecule has 0 unspecified atom stereocenters. The van der Waals surface area contributed by atoms with Gasteiger partial charge in [0.25, 0.3) is 0 Å². The summed E-state index contributed by atoms with van der Waals surface area (Å²) < 4.78 is 5.24. The molecule has 0 aliphatic carbocycles. The lowest BCUT2D eigenvalue weighted by molar-refractivity contribution is 0.0735. The zero-order valence-electron chi connectivity index (χ0n) is 10.3. The van der Waals surface area contributed by atoms with E-state index in [1.54, 1.807) is 30.3 Å². The number of halogens is 3. The van der Waals surface area contributed by atoms with Gasteiger partial charge in [-0.15, -0.1) is 11.8 Å². The third kappa shape index (κ3) is 3.41. The predicted molar refractivity (Wildman–Crippen MR) is 84.7 cm³/mol. The topological polar surface area (TPSA) is 26.3 Å². The molecule has 0 spiro atoms. The minimum atomic E-state index is -0.574. The fourth-order valence-electron chi connectivity index (χ4n) is 1.51. The van der Waals surface area contributed by atoms with E-state index in [-0.39, 0.29) is 16.3 Å². The second-order valence-corrected chi connectivity index (χ2v) is 5.86. The quantitative estimate of drug-likeness (QED) is 0.411. The molecule has 0 aromatic heterocycles. The Bertz CT molecular complexity index is 659. The van der Waals surface area contributed by atoms with Crippen LogP contribution in [0.5, 0.6) is 5.75 Å². The number of hydrogen-bond donors (Lipinski definition) is 0. The van der Waals surface area contributed by atoms with Gasteiger partial charge in [0, 0.05) is 4.90 Å². The monoisotopic (exact) mass is 346 g/mol. The van der Waals surface area contributed by atoms with Gasteiger partial charge in [-0.05, 0) is 36.6 Å². The summed E-state index contributed by atoms with van der Waals surface area (Å²) in [6.45, 7) is 0. The number of rotatable bonds is 3. The molecule has 0 aliphatic heterocycles. The predicted octanol–water partition coefficient (Wildman–Crippen LogP) is 5.59. The van der Waals surface area contributed by atoms with Gasteiger partial charge in [-0.25, -0.2) is 4.79 Å². The Labute approximate surface area is 136 Å². The van der Waals surface area contributed by atoms with Crippen LogP contribution in [0.3, 0.4) is 0 Å². The molecule has 20 heavy (non-hydrogen) atoms. The third-order valence-corrected chi connectivity index (χ3v) is 4.37. The Hall–Kier alpha value is -0.870. The number of carbonyl (C=O) groups is 1. The summed E-state index contributed by atoms with van der Waals surface area (Å²) >= 11 is 19.4. The average Bonchev–Trinajstić information content (AvgIpc) is 2.44. The number of hydrogen-bond acceptors (Lipinski definition) is 3. The fourth-order valence-corrected chi connectivity index (χ4v) is 2.47. The minimum absolute atomic E-state index is 0.194. The first-order valence-electron chi connectivity index (χ1n) is 5.52. The van der Waals surface area contributed by atoms with Crippen LogP contribution in [0.1, 0.15) is 10.4 Å². The van der Waals surface area contributed by atoms with Gasteiger partial charge < -0.3 is 4.74 Å². The van der Waals surface area contributed by atoms with Crippen LogP contribution in [0.4, 0.5) is 0 Å². The summed E-state index contributed by atoms with van der Waals surface area (Å²) in [5, 5.41) is 0.839. The summed E-state index contributed by atoms with van der Waals surface area (Å²) in [7, 11) is 0. The summed E-state index contributed by atoms with van der Waals surface area (Å²) in [5.74, 6) is -0.371. The van der Waals surface area contributed by atoms with Crippen molar-refractivity contribution in [3.8, 4) is 5.75 Å². The molecule has 0 amide bonds. The maximum Gasteiger partial charge on any atom is 0.345 e. The molecule has 0 heterocycles. The van der Waals surface area contributed by atoms with Gasteiger partial charge >= 0.3 is 5.97 Å². The third-order valence-electron chi connectivity index (χ3n) is 2.51. The molecule has 0 saturated carbocycles. The van der Waals surface area contributed by atoms with Crippen molar-refractivity contribution in [1.29, 1.82) is 0 Å². The summed E-state index contributed by atoms with van der Waals surface area (Å²) in [6, 6.07) is 9.99. The number of benzene rings is 2. The van der Waals surface area contributed by atoms with E-state index in [9.17, 15) is 4.79 Å². The molecule has 0 radical (unpaired) electrons. The number of carbonyl (C=O) groups excluding carboxylic acids is 1. The standard InChI is InChI=1S/C14H9Cl3O2S/c1-20-8-5-6-10(15)9(7-8)14(18)19-12-4-2-3-11(16)13(12)17/h2-7H,1H3. The normalized spacial score (nSPS) is 10.4. The Morgan fingerprint density at radius 1 is 1.10 bits per heavy atom. The van der Waals surface area contributed by atoms with Crippen molar-refractivity contribution in [2.24, 2.45) is 0 Å². The molecule has 6 heteroatoms. The second kappa shape index (κ2) is 6.72. The maximum atomic E-state index is 12.1. The van der Waals surface area contributed by atoms with E-state index in [1.807, 2.05) is 12.3 Å². The van der Waals surface area contributed by atoms with Gasteiger partial charge in [0.1, 0.15) is 5.02 Å². The highest BCUT2D eigenvalue weighted by molar-refractivity contribution is 7.98. The van der Waals surface area contributed by atoms with Crippen molar-refractivity contribution in [1.82, 2.24) is 0 Å². The molecule has 2 rings (SSSR count). The lowest BCUT2D eigenvalue weighted by Gasteiger charge is -2.09. The maximum absolute atomic E-state index is 12.1. The van der Waals surface area contributed by atoms with E-state index in [1.165, 1.54) is 11.8 Å². The molecule has 2 nitrogen and oxygen atoms in total. The zero-order chi connectivity index (χ0) is 14.7.